The van der Waals surface area contributed by atoms with Gasteiger partial charge in [-0.2, -0.15) is 8.78 Å². The van der Waals surface area contributed by atoms with Gasteiger partial charge in [-0.3, -0.25) is 37.6 Å². The second-order valence-electron chi connectivity index (χ2n) is 19.0. The smallest absolute Gasteiger partial charge is 0.410 e. The normalized spacial score (nSPS) is 25.1. The lowest BCUT2D eigenvalue weighted by molar-refractivity contribution is -0.163. The van der Waals surface area contributed by atoms with Crippen LogP contribution in [0.5, 0.6) is 0 Å². The number of nitrogens with zero attached hydrogens (tertiary/aromatic N) is 3. The maximum Gasteiger partial charge on any atom is 0.410 e. The van der Waals surface area contributed by atoms with E-state index >= 15 is 8.78 Å². The molecule has 3 saturated heterocycles. The first kappa shape index (κ1) is 46.2. The molecule has 4 heterocycles. The molecule has 2 aromatic carbocycles. The number of nitrogens with one attached hydrogen (secondary N) is 1. The van der Waals surface area contributed by atoms with Crippen molar-refractivity contribution in [3.8, 4) is 0 Å². The van der Waals surface area contributed by atoms with Crippen molar-refractivity contribution in [3.05, 3.63) is 82.0 Å². The van der Waals surface area contributed by atoms with Gasteiger partial charge in [0, 0.05) is 22.8 Å². The lowest BCUT2D eigenvalue weighted by Crippen LogP contribution is -2.57. The minimum Gasteiger partial charge on any atom is -0.438 e. The van der Waals surface area contributed by atoms with E-state index in [4.69, 9.17) is 25.1 Å². The first-order chi connectivity index (χ1) is 29.6. The number of hydrogen-bond acceptors (Lipinski definition) is 11. The number of carbonyl (C=O) groups excluding carboxylic acids is 5. The van der Waals surface area contributed by atoms with Crippen molar-refractivity contribution in [1.29, 1.82) is 0 Å². The minimum absolute atomic E-state index is 0.131. The molecule has 1 N–H and O–H groups in total. The Morgan fingerprint density at radius 3 is 2.13 bits per heavy atom. The van der Waals surface area contributed by atoms with Crippen LogP contribution >= 0.6 is 18.9 Å². The molecular formula is C45H53F2N4O10PS. The number of rotatable bonds is 12. The Kier molecular flexibility index (Phi) is 13.0. The van der Waals surface area contributed by atoms with E-state index < -0.39 is 79.2 Å². The van der Waals surface area contributed by atoms with Crippen molar-refractivity contribution in [2.24, 2.45) is 22.7 Å². The lowest BCUT2D eigenvalue weighted by Gasteiger charge is -2.36. The standard InChI is InChI=1S/C45H53F2N4O10PS/c1-43(2,3)41(55)58-24-60-62(57,61-25-59-42(56)44(4,5)6)45(46,47)30-13-16-36-29(18-30)21-37(63-36)38(52)49-33-20-28-17-27(28)19-31-14-15-35(51(31)39(33)53)40(54)50-22-32(34(23-50)48-7)26-11-9-8-10-12-26/h8-13,16,18,21,27-28,31-35H,14-15,17,19-20,22-25H2,1-6H3,(H,49,52)/t27-,28+,31-,32+,33+,34-,35+/m1/s1. The number of ether oxygens (including phenoxy) is 2. The van der Waals surface area contributed by atoms with Crippen LogP contribution in [0.15, 0.2) is 54.6 Å². The summed E-state index contributed by atoms with van der Waals surface area (Å²) in [7, 11) is -5.59. The van der Waals surface area contributed by atoms with Crippen molar-refractivity contribution in [1.82, 2.24) is 15.1 Å². The summed E-state index contributed by atoms with van der Waals surface area (Å²) in [6, 6.07) is 12.2. The van der Waals surface area contributed by atoms with E-state index in [9.17, 15) is 28.5 Å². The molecule has 14 nitrogen and oxygen atoms in total. The minimum atomic E-state index is -5.59. The highest BCUT2D eigenvalue weighted by Gasteiger charge is 2.57. The molecule has 63 heavy (non-hydrogen) atoms. The van der Waals surface area contributed by atoms with E-state index in [0.717, 1.165) is 41.9 Å². The molecule has 338 valence electrons. The molecular weight excluding hydrogens is 858 g/mol. The molecule has 7 atom stereocenters. The van der Waals surface area contributed by atoms with Crippen LogP contribution in [0, 0.1) is 29.2 Å². The zero-order valence-corrected chi connectivity index (χ0v) is 37.8. The monoisotopic (exact) mass is 910 g/mol. The van der Waals surface area contributed by atoms with Crippen molar-refractivity contribution in [2.45, 2.75) is 109 Å². The molecule has 3 aliphatic heterocycles. The fraction of sp³-hybridized carbons (Fsp3) is 0.556. The largest absolute Gasteiger partial charge is 0.438 e. The highest BCUT2D eigenvalue weighted by atomic mass is 32.1. The first-order valence-corrected chi connectivity index (χ1v) is 23.5. The van der Waals surface area contributed by atoms with Gasteiger partial charge in [-0.05, 0) is 115 Å². The van der Waals surface area contributed by atoms with Crippen LogP contribution in [-0.4, -0.2) is 90.3 Å². The summed E-state index contributed by atoms with van der Waals surface area (Å²) in [6.07, 6.45) is 3.24. The van der Waals surface area contributed by atoms with Crippen LogP contribution in [0.3, 0.4) is 0 Å². The van der Waals surface area contributed by atoms with E-state index in [2.05, 4.69) is 10.2 Å². The predicted molar refractivity (Wildman–Crippen MR) is 228 cm³/mol. The maximum atomic E-state index is 16.4. The van der Waals surface area contributed by atoms with E-state index in [1.165, 1.54) is 53.7 Å². The molecule has 3 aromatic rings. The summed E-state index contributed by atoms with van der Waals surface area (Å²) in [6.45, 7) is 15.4. The van der Waals surface area contributed by atoms with Gasteiger partial charge < -0.3 is 29.4 Å². The van der Waals surface area contributed by atoms with E-state index in [1.807, 2.05) is 30.3 Å². The van der Waals surface area contributed by atoms with Gasteiger partial charge in [-0.15, -0.1) is 11.3 Å². The molecule has 0 spiro atoms. The quantitative estimate of drug-likeness (QED) is 0.0814. The predicted octanol–water partition coefficient (Wildman–Crippen LogP) is 8.07. The topological polar surface area (TPSA) is 162 Å². The Hall–Kier alpha value is -4.75. The van der Waals surface area contributed by atoms with Gasteiger partial charge in [0.1, 0.15) is 12.1 Å². The summed E-state index contributed by atoms with van der Waals surface area (Å²) in [5.74, 6) is -2.29. The molecule has 4 aliphatic rings. The number of halogens is 2. The molecule has 7 rings (SSSR count). The van der Waals surface area contributed by atoms with Crippen LogP contribution in [0.2, 0.25) is 0 Å². The third-order valence-corrected chi connectivity index (χ3v) is 15.3. The van der Waals surface area contributed by atoms with Gasteiger partial charge in [0.25, 0.3) is 5.91 Å². The lowest BCUT2D eigenvalue weighted by atomic mass is 9.95. The Morgan fingerprint density at radius 1 is 0.873 bits per heavy atom. The van der Waals surface area contributed by atoms with E-state index in [0.29, 0.717) is 36.4 Å². The highest BCUT2D eigenvalue weighted by molar-refractivity contribution is 7.54. The average molecular weight is 911 g/mol. The number of thiophene rings is 1. The van der Waals surface area contributed by atoms with Crippen LogP contribution in [-0.2, 0) is 47.9 Å². The van der Waals surface area contributed by atoms with Gasteiger partial charge >= 0.3 is 25.2 Å². The van der Waals surface area contributed by atoms with Crippen molar-refractivity contribution < 1.29 is 55.8 Å². The molecule has 3 amide bonds. The molecule has 0 bridgehead atoms. The van der Waals surface area contributed by atoms with Gasteiger partial charge in [-0.25, -0.2) is 6.57 Å². The molecule has 1 aromatic heterocycles. The summed E-state index contributed by atoms with van der Waals surface area (Å²) in [5.41, 5.74) is -6.24. The zero-order chi connectivity index (χ0) is 45.6. The van der Waals surface area contributed by atoms with Crippen LogP contribution in [0.1, 0.15) is 100 Å². The van der Waals surface area contributed by atoms with E-state index in [1.54, 1.807) is 9.80 Å². The number of esters is 2. The van der Waals surface area contributed by atoms with Crippen LogP contribution in [0.25, 0.3) is 14.9 Å². The third-order valence-electron chi connectivity index (χ3n) is 12.3. The molecule has 1 aliphatic carbocycles. The number of fused-ring (bicyclic) bond motifs is 3. The summed E-state index contributed by atoms with van der Waals surface area (Å²) in [4.78, 5) is 74.7. The summed E-state index contributed by atoms with van der Waals surface area (Å²) < 4.78 is 66.9. The fourth-order valence-corrected chi connectivity index (χ4v) is 10.8. The number of benzene rings is 2. The number of amides is 3. The maximum absolute atomic E-state index is 16.4. The van der Waals surface area contributed by atoms with Gasteiger partial charge in [0.05, 0.1) is 28.2 Å². The first-order valence-electron chi connectivity index (χ1n) is 21.1. The molecule has 18 heteroatoms. The highest BCUT2D eigenvalue weighted by Crippen LogP contribution is 2.67. The SMILES string of the molecule is [C-]#[N+][C@@H]1CN(C(=O)[C@@H]2CC[C@@H]3C[C@H]4C[C@H]4C[C@H](NC(=O)c4cc5cc(C(F)(F)P(=O)(OCOC(=O)C(C)(C)C)OCOC(=O)C(C)(C)C)ccc5s4)C(=O)N32)C[C@H]1c1ccccc1. The summed E-state index contributed by atoms with van der Waals surface area (Å²) in [5, 5.41) is 3.11. The number of alkyl halides is 2. The van der Waals surface area contributed by atoms with Crippen LogP contribution < -0.4 is 5.32 Å². The molecule has 4 fully saturated rings. The molecule has 1 saturated carbocycles. The summed E-state index contributed by atoms with van der Waals surface area (Å²) >= 11 is 1.01. The van der Waals surface area contributed by atoms with Gasteiger partial charge in [0.2, 0.25) is 31.4 Å². The van der Waals surface area contributed by atoms with E-state index in [-0.39, 0.29) is 46.5 Å². The second-order valence-corrected chi connectivity index (χ2v) is 22.1. The second kappa shape index (κ2) is 17.7. The van der Waals surface area contributed by atoms with Gasteiger partial charge in [0.15, 0.2) is 0 Å². The molecule has 0 radical (unpaired) electrons. The van der Waals surface area contributed by atoms with Crippen LogP contribution in [0.4, 0.5) is 8.78 Å². The van der Waals surface area contributed by atoms with Crippen molar-refractivity contribution in [2.75, 3.05) is 26.7 Å². The van der Waals surface area contributed by atoms with Gasteiger partial charge in [-0.1, -0.05) is 36.4 Å². The number of carbonyl (C=O) groups is 5. The third kappa shape index (κ3) is 9.70. The zero-order valence-electron chi connectivity index (χ0n) is 36.1. The molecule has 0 unspecified atom stereocenters. The number of hydrogen-bond donors (Lipinski definition) is 1. The van der Waals surface area contributed by atoms with Crippen molar-refractivity contribution >= 4 is 58.7 Å². The Balaban J connectivity index is 1.08. The number of likely N-dealkylation sites (tertiary alicyclic amines) is 1. The van der Waals surface area contributed by atoms with Crippen molar-refractivity contribution in [3.63, 3.8) is 0 Å². The fourth-order valence-electron chi connectivity index (χ4n) is 8.63. The Morgan fingerprint density at radius 2 is 1.51 bits per heavy atom. The Bertz CT molecular complexity index is 2320. The average Bonchev–Trinajstić information content (AvgIpc) is 3.56. The Labute approximate surface area is 369 Å².